The number of benzene rings is 1. The fourth-order valence-electron chi connectivity index (χ4n) is 1.71. The van der Waals surface area contributed by atoms with Crippen molar-refractivity contribution in [3.8, 4) is 5.75 Å². The van der Waals surface area contributed by atoms with Crippen LogP contribution in [0.15, 0.2) is 30.3 Å². The van der Waals surface area contributed by atoms with Crippen LogP contribution in [-0.2, 0) is 4.74 Å². The molecular formula is C12H15NO3. The molecule has 4 nitrogen and oxygen atoms in total. The summed E-state index contributed by atoms with van der Waals surface area (Å²) in [5, 5.41) is 0. The Kier molecular flexibility index (Phi) is 3.41. The van der Waals surface area contributed by atoms with Crippen molar-refractivity contribution < 1.29 is 14.3 Å². The highest BCUT2D eigenvalue weighted by Gasteiger charge is 2.31. The number of ether oxygens (including phenoxy) is 2. The Hall–Kier alpha value is -1.55. The SMILES string of the molecule is NCC1CC(OC(=O)Oc2ccccc2)C1. The predicted molar refractivity (Wildman–Crippen MR) is 59.1 cm³/mol. The highest BCUT2D eigenvalue weighted by Crippen LogP contribution is 2.29. The molecular weight excluding hydrogens is 206 g/mol. The fourth-order valence-corrected chi connectivity index (χ4v) is 1.71. The van der Waals surface area contributed by atoms with Crippen LogP contribution in [0.1, 0.15) is 12.8 Å². The van der Waals surface area contributed by atoms with Gasteiger partial charge in [-0.05, 0) is 37.4 Å². The molecule has 0 radical (unpaired) electrons. The van der Waals surface area contributed by atoms with Gasteiger partial charge in [0.1, 0.15) is 11.9 Å². The van der Waals surface area contributed by atoms with Crippen molar-refractivity contribution >= 4 is 6.16 Å². The van der Waals surface area contributed by atoms with E-state index in [9.17, 15) is 4.79 Å². The highest BCUT2D eigenvalue weighted by molar-refractivity contribution is 5.64. The average Bonchev–Trinajstić information content (AvgIpc) is 2.24. The van der Waals surface area contributed by atoms with Gasteiger partial charge >= 0.3 is 6.16 Å². The summed E-state index contributed by atoms with van der Waals surface area (Å²) in [7, 11) is 0. The zero-order valence-electron chi connectivity index (χ0n) is 8.96. The molecule has 86 valence electrons. The lowest BCUT2D eigenvalue weighted by Gasteiger charge is -2.33. The van der Waals surface area contributed by atoms with Crippen LogP contribution in [-0.4, -0.2) is 18.8 Å². The molecule has 1 fully saturated rings. The van der Waals surface area contributed by atoms with Crippen LogP contribution < -0.4 is 10.5 Å². The van der Waals surface area contributed by atoms with E-state index in [1.165, 1.54) is 0 Å². The summed E-state index contributed by atoms with van der Waals surface area (Å²) in [4.78, 5) is 11.3. The normalized spacial score (nSPS) is 23.3. The third-order valence-corrected chi connectivity index (χ3v) is 2.73. The molecule has 0 unspecified atom stereocenters. The smallest absolute Gasteiger partial charge is 0.431 e. The molecule has 1 aliphatic carbocycles. The van der Waals surface area contributed by atoms with E-state index < -0.39 is 6.16 Å². The molecule has 2 N–H and O–H groups in total. The largest absolute Gasteiger partial charge is 0.514 e. The van der Waals surface area contributed by atoms with Crippen LogP contribution in [0.5, 0.6) is 5.75 Å². The number of hydrogen-bond donors (Lipinski definition) is 1. The summed E-state index contributed by atoms with van der Waals surface area (Å²) < 4.78 is 10.1. The first-order chi connectivity index (χ1) is 7.78. The maximum Gasteiger partial charge on any atom is 0.514 e. The van der Waals surface area contributed by atoms with Crippen molar-refractivity contribution in [1.29, 1.82) is 0 Å². The average molecular weight is 221 g/mol. The van der Waals surface area contributed by atoms with Crippen molar-refractivity contribution in [2.45, 2.75) is 18.9 Å². The first-order valence-electron chi connectivity index (χ1n) is 5.41. The van der Waals surface area contributed by atoms with Gasteiger partial charge in [0.15, 0.2) is 0 Å². The number of rotatable bonds is 3. The Morgan fingerprint density at radius 2 is 2.00 bits per heavy atom. The summed E-state index contributed by atoms with van der Waals surface area (Å²) >= 11 is 0. The number of carbonyl (C=O) groups excluding carboxylic acids is 1. The van der Waals surface area contributed by atoms with E-state index in [0.717, 1.165) is 12.8 Å². The standard InChI is InChI=1S/C12H15NO3/c13-8-9-6-11(7-9)16-12(14)15-10-4-2-1-3-5-10/h1-5,9,11H,6-8,13H2. The molecule has 1 aliphatic rings. The minimum Gasteiger partial charge on any atom is -0.431 e. The molecule has 0 atom stereocenters. The lowest BCUT2D eigenvalue weighted by Crippen LogP contribution is -2.37. The monoisotopic (exact) mass is 221 g/mol. The van der Waals surface area contributed by atoms with Gasteiger partial charge in [0.25, 0.3) is 0 Å². The first kappa shape index (κ1) is 11.0. The molecule has 0 aliphatic heterocycles. The van der Waals surface area contributed by atoms with Gasteiger partial charge in [0, 0.05) is 0 Å². The molecule has 0 heterocycles. The van der Waals surface area contributed by atoms with Gasteiger partial charge in [-0.3, -0.25) is 0 Å². The Bertz CT molecular complexity index is 347. The minimum atomic E-state index is -0.633. The lowest BCUT2D eigenvalue weighted by atomic mass is 9.82. The van der Waals surface area contributed by atoms with Crippen molar-refractivity contribution in [2.24, 2.45) is 11.7 Å². The van der Waals surface area contributed by atoms with Crippen molar-refractivity contribution in [3.05, 3.63) is 30.3 Å². The molecule has 1 aromatic carbocycles. The number of carbonyl (C=O) groups is 1. The van der Waals surface area contributed by atoms with Crippen LogP contribution in [0.3, 0.4) is 0 Å². The molecule has 1 aromatic rings. The summed E-state index contributed by atoms with van der Waals surface area (Å²) in [5.41, 5.74) is 5.48. The van der Waals surface area contributed by atoms with E-state index in [0.29, 0.717) is 18.2 Å². The second-order valence-corrected chi connectivity index (χ2v) is 3.98. The van der Waals surface area contributed by atoms with E-state index in [-0.39, 0.29) is 6.10 Å². The zero-order valence-corrected chi connectivity index (χ0v) is 8.96. The molecule has 0 amide bonds. The van der Waals surface area contributed by atoms with E-state index in [1.54, 1.807) is 24.3 Å². The number of nitrogens with two attached hydrogens (primary N) is 1. The zero-order chi connectivity index (χ0) is 11.4. The van der Waals surface area contributed by atoms with Crippen molar-refractivity contribution in [1.82, 2.24) is 0 Å². The minimum absolute atomic E-state index is 0.0234. The van der Waals surface area contributed by atoms with Crippen LogP contribution in [0.2, 0.25) is 0 Å². The molecule has 0 bridgehead atoms. The van der Waals surface area contributed by atoms with Crippen LogP contribution in [0.25, 0.3) is 0 Å². The topological polar surface area (TPSA) is 61.5 Å². The van der Waals surface area contributed by atoms with Gasteiger partial charge in [-0.15, -0.1) is 0 Å². The molecule has 16 heavy (non-hydrogen) atoms. The Labute approximate surface area is 94.3 Å². The van der Waals surface area contributed by atoms with E-state index in [1.807, 2.05) is 6.07 Å². The second kappa shape index (κ2) is 4.99. The van der Waals surface area contributed by atoms with Crippen LogP contribution in [0, 0.1) is 5.92 Å². The Balaban J connectivity index is 1.74. The van der Waals surface area contributed by atoms with E-state index in [2.05, 4.69) is 0 Å². The van der Waals surface area contributed by atoms with Crippen LogP contribution >= 0.6 is 0 Å². The summed E-state index contributed by atoms with van der Waals surface area (Å²) in [6.45, 7) is 0.660. The third-order valence-electron chi connectivity index (χ3n) is 2.73. The predicted octanol–water partition coefficient (Wildman–Crippen LogP) is 1.94. The third kappa shape index (κ3) is 2.73. The van der Waals surface area contributed by atoms with E-state index >= 15 is 0 Å². The molecule has 1 saturated carbocycles. The molecule has 4 heteroatoms. The van der Waals surface area contributed by atoms with Gasteiger partial charge in [0.05, 0.1) is 0 Å². The van der Waals surface area contributed by atoms with Gasteiger partial charge in [0.2, 0.25) is 0 Å². The van der Waals surface area contributed by atoms with Gasteiger partial charge in [-0.2, -0.15) is 0 Å². The molecule has 2 rings (SSSR count). The van der Waals surface area contributed by atoms with Gasteiger partial charge in [-0.1, -0.05) is 18.2 Å². The molecule has 0 saturated heterocycles. The first-order valence-corrected chi connectivity index (χ1v) is 5.41. The summed E-state index contributed by atoms with van der Waals surface area (Å²) in [6, 6.07) is 8.89. The van der Waals surface area contributed by atoms with Crippen molar-refractivity contribution in [3.63, 3.8) is 0 Å². The quantitative estimate of drug-likeness (QED) is 0.626. The van der Waals surface area contributed by atoms with Gasteiger partial charge < -0.3 is 15.2 Å². The Morgan fingerprint density at radius 3 is 2.62 bits per heavy atom. The number of para-hydroxylation sites is 1. The second-order valence-electron chi connectivity index (χ2n) is 3.98. The maximum absolute atomic E-state index is 11.3. The van der Waals surface area contributed by atoms with Gasteiger partial charge in [-0.25, -0.2) is 4.79 Å². The molecule has 0 spiro atoms. The lowest BCUT2D eigenvalue weighted by molar-refractivity contribution is -0.00295. The van der Waals surface area contributed by atoms with Crippen LogP contribution in [0.4, 0.5) is 4.79 Å². The molecule has 0 aromatic heterocycles. The fraction of sp³-hybridized carbons (Fsp3) is 0.417. The highest BCUT2D eigenvalue weighted by atomic mass is 16.7. The number of hydrogen-bond acceptors (Lipinski definition) is 4. The Morgan fingerprint density at radius 1 is 1.31 bits per heavy atom. The van der Waals surface area contributed by atoms with Crippen molar-refractivity contribution in [2.75, 3.05) is 6.54 Å². The van der Waals surface area contributed by atoms with E-state index in [4.69, 9.17) is 15.2 Å². The summed E-state index contributed by atoms with van der Waals surface area (Å²) in [5.74, 6) is 0.997. The maximum atomic E-state index is 11.3. The summed E-state index contributed by atoms with van der Waals surface area (Å²) in [6.07, 6.45) is 1.04.